The van der Waals surface area contributed by atoms with Gasteiger partial charge in [0, 0.05) is 32.4 Å². The van der Waals surface area contributed by atoms with E-state index in [-0.39, 0.29) is 23.4 Å². The molecule has 4 rings (SSSR count). The van der Waals surface area contributed by atoms with Crippen molar-refractivity contribution in [2.24, 2.45) is 0 Å². The zero-order valence-electron chi connectivity index (χ0n) is 15.6. The number of amides is 2. The molecule has 0 radical (unpaired) electrons. The molecule has 3 aromatic rings. The van der Waals surface area contributed by atoms with E-state index < -0.39 is 11.5 Å². The number of pyridine rings is 1. The van der Waals surface area contributed by atoms with Gasteiger partial charge in [-0.05, 0) is 31.2 Å². The molecule has 1 aliphatic heterocycles. The average Bonchev–Trinajstić information content (AvgIpc) is 3.27. The van der Waals surface area contributed by atoms with Crippen molar-refractivity contribution < 1.29 is 14.0 Å². The fraction of sp³-hybridized carbons (Fsp3) is 0.300. The lowest BCUT2D eigenvalue weighted by molar-refractivity contribution is -0.119. The molecular weight excluding hydrogens is 360 g/mol. The first-order chi connectivity index (χ1) is 13.4. The zero-order chi connectivity index (χ0) is 19.8. The van der Waals surface area contributed by atoms with Crippen LogP contribution in [0.15, 0.2) is 51.9 Å². The lowest BCUT2D eigenvalue weighted by Crippen LogP contribution is -2.40. The summed E-state index contributed by atoms with van der Waals surface area (Å²) in [6.45, 7) is 3.92. The van der Waals surface area contributed by atoms with Gasteiger partial charge in [-0.25, -0.2) is 4.98 Å². The maximum Gasteiger partial charge on any atom is 0.270 e. The summed E-state index contributed by atoms with van der Waals surface area (Å²) in [5, 5.41) is 2.89. The summed E-state index contributed by atoms with van der Waals surface area (Å²) in [5.74, 6) is 0.702. The van der Waals surface area contributed by atoms with Crippen molar-refractivity contribution in [3.8, 4) is 0 Å². The van der Waals surface area contributed by atoms with E-state index in [1.807, 2.05) is 19.1 Å². The van der Waals surface area contributed by atoms with Gasteiger partial charge in [0.15, 0.2) is 0 Å². The van der Waals surface area contributed by atoms with Gasteiger partial charge in [-0.3, -0.25) is 18.8 Å². The molecule has 8 nitrogen and oxygen atoms in total. The first-order valence-corrected chi connectivity index (χ1v) is 9.03. The Labute approximate surface area is 160 Å². The molecule has 0 spiro atoms. The number of nitrogens with one attached hydrogen (secondary N) is 1. The van der Waals surface area contributed by atoms with Gasteiger partial charge < -0.3 is 14.6 Å². The lowest BCUT2D eigenvalue weighted by atomic mass is 10.0. The van der Waals surface area contributed by atoms with Crippen LogP contribution < -0.4 is 10.9 Å². The summed E-state index contributed by atoms with van der Waals surface area (Å²) in [7, 11) is 0. The summed E-state index contributed by atoms with van der Waals surface area (Å²) < 4.78 is 7.08. The Bertz CT molecular complexity index is 1120. The number of furan rings is 1. The molecule has 0 unspecified atom stereocenters. The van der Waals surface area contributed by atoms with E-state index in [1.165, 1.54) is 17.5 Å². The minimum absolute atomic E-state index is 0.00144. The van der Waals surface area contributed by atoms with E-state index in [2.05, 4.69) is 10.3 Å². The lowest BCUT2D eigenvalue weighted by Gasteiger charge is -2.17. The van der Waals surface area contributed by atoms with Gasteiger partial charge in [0.1, 0.15) is 22.7 Å². The van der Waals surface area contributed by atoms with E-state index in [4.69, 9.17) is 4.42 Å². The molecule has 2 amide bonds. The number of hydrogen-bond donors (Lipinski definition) is 1. The van der Waals surface area contributed by atoms with E-state index in [1.54, 1.807) is 29.3 Å². The van der Waals surface area contributed by atoms with Gasteiger partial charge in [-0.1, -0.05) is 6.07 Å². The van der Waals surface area contributed by atoms with Gasteiger partial charge in [-0.15, -0.1) is 0 Å². The van der Waals surface area contributed by atoms with Crippen molar-refractivity contribution in [3.05, 3.63) is 70.2 Å². The molecule has 0 saturated carbocycles. The smallest absolute Gasteiger partial charge is 0.270 e. The van der Waals surface area contributed by atoms with Crippen molar-refractivity contribution >= 4 is 17.5 Å². The van der Waals surface area contributed by atoms with Crippen molar-refractivity contribution in [1.29, 1.82) is 0 Å². The molecule has 0 bridgehead atoms. The second-order valence-corrected chi connectivity index (χ2v) is 6.98. The third kappa shape index (κ3) is 3.17. The van der Waals surface area contributed by atoms with E-state index in [0.29, 0.717) is 24.5 Å². The molecule has 1 fully saturated rings. The van der Waals surface area contributed by atoms with Crippen molar-refractivity contribution in [2.45, 2.75) is 25.8 Å². The Hall–Kier alpha value is -3.42. The number of carbonyl (C=O) groups is 2. The number of fused-ring (bicyclic) bond motifs is 1. The largest absolute Gasteiger partial charge is 0.466 e. The predicted octanol–water partition coefficient (Wildman–Crippen LogP) is 1.34. The molecule has 1 aliphatic rings. The molecule has 8 heteroatoms. The fourth-order valence-corrected chi connectivity index (χ4v) is 3.66. The highest BCUT2D eigenvalue weighted by molar-refractivity contribution is 5.94. The quantitative estimate of drug-likeness (QED) is 0.740. The predicted molar refractivity (Wildman–Crippen MR) is 101 cm³/mol. The minimum Gasteiger partial charge on any atom is -0.466 e. The van der Waals surface area contributed by atoms with Crippen LogP contribution in [0.3, 0.4) is 0 Å². The summed E-state index contributed by atoms with van der Waals surface area (Å²) in [4.78, 5) is 43.2. The maximum atomic E-state index is 13.1. The van der Waals surface area contributed by atoms with Crippen LogP contribution in [0.1, 0.15) is 34.7 Å². The van der Waals surface area contributed by atoms with Gasteiger partial charge in [-0.2, -0.15) is 0 Å². The number of hydrogen-bond acceptors (Lipinski definition) is 5. The van der Waals surface area contributed by atoms with Gasteiger partial charge >= 0.3 is 0 Å². The Morgan fingerprint density at radius 2 is 2.04 bits per heavy atom. The van der Waals surface area contributed by atoms with Crippen molar-refractivity contribution in [2.75, 3.05) is 13.1 Å². The van der Waals surface area contributed by atoms with Crippen LogP contribution in [0.25, 0.3) is 5.65 Å². The van der Waals surface area contributed by atoms with Gasteiger partial charge in [0.25, 0.3) is 11.5 Å². The Balaban J connectivity index is 1.65. The fourth-order valence-electron chi connectivity index (χ4n) is 3.66. The topological polar surface area (TPSA) is 96.9 Å². The zero-order valence-corrected chi connectivity index (χ0v) is 15.6. The van der Waals surface area contributed by atoms with E-state index in [0.717, 1.165) is 5.76 Å². The first kappa shape index (κ1) is 18.0. The molecular formula is C20H20N4O4. The average molecular weight is 380 g/mol. The van der Waals surface area contributed by atoms with Gasteiger partial charge in [0.05, 0.1) is 12.0 Å². The van der Waals surface area contributed by atoms with Crippen LogP contribution in [0.4, 0.5) is 0 Å². The Morgan fingerprint density at radius 1 is 1.21 bits per heavy atom. The molecule has 3 aromatic heterocycles. The van der Waals surface area contributed by atoms with Crippen LogP contribution in [-0.4, -0.2) is 45.2 Å². The second kappa shape index (κ2) is 6.95. The van der Waals surface area contributed by atoms with Crippen molar-refractivity contribution in [1.82, 2.24) is 19.6 Å². The third-order valence-electron chi connectivity index (χ3n) is 4.97. The maximum absolute atomic E-state index is 13.1. The van der Waals surface area contributed by atoms with Crippen molar-refractivity contribution in [3.63, 3.8) is 0 Å². The summed E-state index contributed by atoms with van der Waals surface area (Å²) >= 11 is 0. The number of rotatable bonds is 3. The third-order valence-corrected chi connectivity index (χ3v) is 4.97. The molecule has 4 heterocycles. The van der Waals surface area contributed by atoms with Crippen LogP contribution in [0, 0.1) is 6.92 Å². The summed E-state index contributed by atoms with van der Waals surface area (Å²) in [6, 6.07) is 8.61. The number of aromatic nitrogens is 2. The number of aryl methyl sites for hydroxylation is 1. The van der Waals surface area contributed by atoms with Crippen LogP contribution in [0.2, 0.25) is 0 Å². The van der Waals surface area contributed by atoms with Crippen LogP contribution in [0.5, 0.6) is 0 Å². The highest BCUT2D eigenvalue weighted by Gasteiger charge is 2.39. The van der Waals surface area contributed by atoms with E-state index in [9.17, 15) is 14.4 Å². The SMILES string of the molecule is CC(=O)N[C@@H]1CN(C(=O)c2cnc3ccccn3c2=O)C[C@H]1c1ccc(C)o1. The number of likely N-dealkylation sites (tertiary alicyclic amines) is 1. The molecule has 144 valence electrons. The number of carbonyl (C=O) groups excluding carboxylic acids is 2. The molecule has 2 atom stereocenters. The molecule has 0 aromatic carbocycles. The molecule has 1 N–H and O–H groups in total. The van der Waals surface area contributed by atoms with E-state index >= 15 is 0 Å². The summed E-state index contributed by atoms with van der Waals surface area (Å²) in [6.07, 6.45) is 2.90. The molecule has 28 heavy (non-hydrogen) atoms. The second-order valence-electron chi connectivity index (χ2n) is 6.98. The summed E-state index contributed by atoms with van der Waals surface area (Å²) in [5.41, 5.74) is 0.0658. The molecule has 1 saturated heterocycles. The van der Waals surface area contributed by atoms with Crippen LogP contribution in [-0.2, 0) is 4.79 Å². The van der Waals surface area contributed by atoms with Gasteiger partial charge in [0.2, 0.25) is 5.91 Å². The number of nitrogens with zero attached hydrogens (tertiary/aromatic N) is 3. The normalized spacial score (nSPS) is 19.1. The minimum atomic E-state index is -0.413. The Morgan fingerprint density at radius 3 is 2.75 bits per heavy atom. The standard InChI is InChI=1S/C20H20N4O4/c1-12-6-7-17(28-12)15-10-23(11-16(15)22-13(2)25)19(26)14-9-21-18-5-3-4-8-24(18)20(14)27/h3-9,15-16H,10-11H2,1-2H3,(H,22,25)/t15-,16-/m1/s1. The highest BCUT2D eigenvalue weighted by Crippen LogP contribution is 2.29. The highest BCUT2D eigenvalue weighted by atomic mass is 16.3. The Kier molecular flexibility index (Phi) is 4.46. The first-order valence-electron chi connectivity index (χ1n) is 9.03. The van der Waals surface area contributed by atoms with Crippen LogP contribution >= 0.6 is 0 Å². The monoisotopic (exact) mass is 380 g/mol. The molecule has 0 aliphatic carbocycles.